The Hall–Kier alpha value is -1.10. The van der Waals surface area contributed by atoms with Gasteiger partial charge in [0.15, 0.2) is 0 Å². The van der Waals surface area contributed by atoms with E-state index in [0.717, 1.165) is 6.54 Å². The number of hydrogen-bond acceptors (Lipinski definition) is 3. The van der Waals surface area contributed by atoms with E-state index < -0.39 is 12.0 Å². The lowest BCUT2D eigenvalue weighted by atomic mass is 10.0. The van der Waals surface area contributed by atoms with Gasteiger partial charge in [-0.2, -0.15) is 0 Å². The maximum atomic E-state index is 11.5. The maximum Gasteiger partial charge on any atom is 0.326 e. The number of rotatable bonds is 8. The van der Waals surface area contributed by atoms with Gasteiger partial charge in [0.05, 0.1) is 6.54 Å². The highest BCUT2D eigenvalue weighted by molar-refractivity contribution is 5.84. The Morgan fingerprint density at radius 2 is 2.00 bits per heavy atom. The minimum absolute atomic E-state index is 0.207. The van der Waals surface area contributed by atoms with Gasteiger partial charge < -0.3 is 15.7 Å². The van der Waals surface area contributed by atoms with Crippen LogP contribution in [0.3, 0.4) is 0 Å². The van der Waals surface area contributed by atoms with Crippen LogP contribution in [-0.4, -0.2) is 36.1 Å². The first-order chi connectivity index (χ1) is 7.99. The standard InChI is InChI=1S/C12H22N2O3/c1-8(2)5-10(12(16)17)14-11(15)7-13-6-9-3-4-9/h8-10,13H,3-7H2,1-2H3,(H,14,15)(H,16,17)/t10-/m0/s1. The number of hydrogen-bond donors (Lipinski definition) is 3. The Kier molecular flexibility index (Phi) is 5.41. The van der Waals surface area contributed by atoms with Crippen LogP contribution < -0.4 is 10.6 Å². The van der Waals surface area contributed by atoms with Crippen molar-refractivity contribution >= 4 is 11.9 Å². The van der Waals surface area contributed by atoms with Gasteiger partial charge >= 0.3 is 5.97 Å². The zero-order valence-corrected chi connectivity index (χ0v) is 10.5. The van der Waals surface area contributed by atoms with Crippen molar-refractivity contribution < 1.29 is 14.7 Å². The molecule has 0 aromatic carbocycles. The van der Waals surface area contributed by atoms with Gasteiger partial charge in [-0.3, -0.25) is 4.79 Å². The van der Waals surface area contributed by atoms with Crippen molar-refractivity contribution in [1.29, 1.82) is 0 Å². The average Bonchev–Trinajstić information content (AvgIpc) is 2.99. The molecule has 3 N–H and O–H groups in total. The molecule has 1 amide bonds. The van der Waals surface area contributed by atoms with E-state index in [1.54, 1.807) is 0 Å². The van der Waals surface area contributed by atoms with Crippen LogP contribution in [0.2, 0.25) is 0 Å². The molecular formula is C12H22N2O3. The summed E-state index contributed by atoms with van der Waals surface area (Å²) in [6, 6.07) is -0.773. The molecule has 1 aliphatic carbocycles. The molecule has 0 spiro atoms. The minimum atomic E-state index is -0.964. The third-order valence-electron chi connectivity index (χ3n) is 2.76. The highest BCUT2D eigenvalue weighted by Crippen LogP contribution is 2.27. The van der Waals surface area contributed by atoms with E-state index in [2.05, 4.69) is 10.6 Å². The van der Waals surface area contributed by atoms with Crippen LogP contribution >= 0.6 is 0 Å². The normalized spacial score (nSPS) is 16.9. The summed E-state index contributed by atoms with van der Waals surface area (Å²) in [4.78, 5) is 22.4. The van der Waals surface area contributed by atoms with Crippen molar-refractivity contribution in [2.45, 2.75) is 39.2 Å². The molecule has 1 aliphatic rings. The van der Waals surface area contributed by atoms with Gasteiger partial charge in [0.2, 0.25) is 5.91 Å². The van der Waals surface area contributed by atoms with Crippen LogP contribution in [-0.2, 0) is 9.59 Å². The molecule has 17 heavy (non-hydrogen) atoms. The Morgan fingerprint density at radius 1 is 1.35 bits per heavy atom. The summed E-state index contributed by atoms with van der Waals surface area (Å²) in [5, 5.41) is 14.5. The predicted molar refractivity (Wildman–Crippen MR) is 64.6 cm³/mol. The summed E-state index contributed by atoms with van der Waals surface area (Å²) < 4.78 is 0. The van der Waals surface area contributed by atoms with Gasteiger partial charge in [-0.15, -0.1) is 0 Å². The second-order valence-corrected chi connectivity index (χ2v) is 5.16. The van der Waals surface area contributed by atoms with E-state index in [9.17, 15) is 9.59 Å². The first-order valence-corrected chi connectivity index (χ1v) is 6.22. The third kappa shape index (κ3) is 6.26. The van der Waals surface area contributed by atoms with Gasteiger partial charge in [-0.05, 0) is 37.6 Å². The largest absolute Gasteiger partial charge is 0.480 e. The Labute approximate surface area is 102 Å². The molecule has 1 rings (SSSR count). The van der Waals surface area contributed by atoms with E-state index in [1.807, 2.05) is 13.8 Å². The smallest absolute Gasteiger partial charge is 0.326 e. The van der Waals surface area contributed by atoms with E-state index >= 15 is 0 Å². The summed E-state index contributed by atoms with van der Waals surface area (Å²) in [6.07, 6.45) is 2.93. The molecule has 5 nitrogen and oxygen atoms in total. The second-order valence-electron chi connectivity index (χ2n) is 5.16. The van der Waals surface area contributed by atoms with Gasteiger partial charge in [-0.1, -0.05) is 13.8 Å². The molecule has 0 bridgehead atoms. The maximum absolute atomic E-state index is 11.5. The molecule has 98 valence electrons. The highest BCUT2D eigenvalue weighted by atomic mass is 16.4. The second kappa shape index (κ2) is 6.59. The molecule has 0 saturated heterocycles. The lowest BCUT2D eigenvalue weighted by Gasteiger charge is -2.16. The summed E-state index contributed by atoms with van der Waals surface area (Å²) in [5.74, 6) is -0.238. The summed E-state index contributed by atoms with van der Waals surface area (Å²) >= 11 is 0. The summed E-state index contributed by atoms with van der Waals surface area (Å²) in [5.41, 5.74) is 0. The van der Waals surface area contributed by atoms with Gasteiger partial charge in [0.25, 0.3) is 0 Å². The summed E-state index contributed by atoms with van der Waals surface area (Å²) in [7, 11) is 0. The molecular weight excluding hydrogens is 220 g/mol. The Bertz CT molecular complexity index is 275. The number of nitrogens with one attached hydrogen (secondary N) is 2. The predicted octanol–water partition coefficient (Wildman–Crippen LogP) is 0.601. The van der Waals surface area contributed by atoms with Gasteiger partial charge in [0.1, 0.15) is 6.04 Å². The topological polar surface area (TPSA) is 78.4 Å². The molecule has 5 heteroatoms. The SMILES string of the molecule is CC(C)C[C@H](NC(=O)CNCC1CC1)C(=O)O. The molecule has 1 fully saturated rings. The average molecular weight is 242 g/mol. The first kappa shape index (κ1) is 14.0. The molecule has 0 aromatic heterocycles. The van der Waals surface area contributed by atoms with Gasteiger partial charge in [-0.25, -0.2) is 4.79 Å². The first-order valence-electron chi connectivity index (χ1n) is 6.22. The van der Waals surface area contributed by atoms with Crippen molar-refractivity contribution in [3.63, 3.8) is 0 Å². The fourth-order valence-electron chi connectivity index (χ4n) is 1.65. The number of aliphatic carboxylic acids is 1. The van der Waals surface area contributed by atoms with Crippen LogP contribution in [0.15, 0.2) is 0 Å². The lowest BCUT2D eigenvalue weighted by Crippen LogP contribution is -2.45. The van der Waals surface area contributed by atoms with Gasteiger partial charge in [0, 0.05) is 0 Å². The third-order valence-corrected chi connectivity index (χ3v) is 2.76. The van der Waals surface area contributed by atoms with Crippen molar-refractivity contribution in [3.8, 4) is 0 Å². The molecule has 1 saturated carbocycles. The molecule has 0 aromatic rings. The number of amides is 1. The monoisotopic (exact) mass is 242 g/mol. The van der Waals surface area contributed by atoms with E-state index in [1.165, 1.54) is 12.8 Å². The van der Waals surface area contributed by atoms with Crippen molar-refractivity contribution in [2.24, 2.45) is 11.8 Å². The number of carboxylic acid groups (broad SMARTS) is 1. The fourth-order valence-corrected chi connectivity index (χ4v) is 1.65. The number of carbonyl (C=O) groups is 2. The van der Waals surface area contributed by atoms with Crippen LogP contribution in [0.4, 0.5) is 0 Å². The number of carboxylic acids is 1. The molecule has 1 atom stereocenters. The van der Waals surface area contributed by atoms with Crippen molar-refractivity contribution in [1.82, 2.24) is 10.6 Å². The van der Waals surface area contributed by atoms with Crippen LogP contribution in [0, 0.1) is 11.8 Å². The van der Waals surface area contributed by atoms with Crippen LogP contribution in [0.1, 0.15) is 33.1 Å². The zero-order valence-electron chi connectivity index (χ0n) is 10.5. The zero-order chi connectivity index (χ0) is 12.8. The van der Waals surface area contributed by atoms with E-state index in [0.29, 0.717) is 12.3 Å². The molecule has 0 radical (unpaired) electrons. The number of carbonyl (C=O) groups excluding carboxylic acids is 1. The van der Waals surface area contributed by atoms with Crippen molar-refractivity contribution in [2.75, 3.05) is 13.1 Å². The molecule has 0 heterocycles. The lowest BCUT2D eigenvalue weighted by molar-refractivity contribution is -0.142. The van der Waals surface area contributed by atoms with Crippen LogP contribution in [0.5, 0.6) is 0 Å². The molecule has 0 aliphatic heterocycles. The van der Waals surface area contributed by atoms with E-state index in [4.69, 9.17) is 5.11 Å². The molecule has 0 unspecified atom stereocenters. The Balaban J connectivity index is 2.21. The summed E-state index contributed by atoms with van der Waals surface area (Å²) in [6.45, 7) is 4.94. The fraction of sp³-hybridized carbons (Fsp3) is 0.833. The highest BCUT2D eigenvalue weighted by Gasteiger charge is 2.22. The van der Waals surface area contributed by atoms with Crippen LogP contribution in [0.25, 0.3) is 0 Å². The minimum Gasteiger partial charge on any atom is -0.480 e. The Morgan fingerprint density at radius 3 is 2.47 bits per heavy atom. The van der Waals surface area contributed by atoms with Crippen molar-refractivity contribution in [3.05, 3.63) is 0 Å². The quantitative estimate of drug-likeness (QED) is 0.582. The van der Waals surface area contributed by atoms with E-state index in [-0.39, 0.29) is 18.4 Å².